The van der Waals surface area contributed by atoms with Gasteiger partial charge < -0.3 is 4.90 Å². The number of thioether (sulfide) groups is 1. The topological polar surface area (TPSA) is 61.4 Å². The quantitative estimate of drug-likeness (QED) is 0.504. The average Bonchev–Trinajstić information content (AvgIpc) is 2.76. The van der Waals surface area contributed by atoms with Gasteiger partial charge in [-0.15, -0.1) is 11.8 Å². The molecule has 6 heteroatoms. The van der Waals surface area contributed by atoms with Crippen molar-refractivity contribution in [3.63, 3.8) is 0 Å². The molecular formula is C23H23N3O2S. The van der Waals surface area contributed by atoms with E-state index >= 15 is 0 Å². The number of hydrazine groups is 1. The first kappa shape index (κ1) is 19.3. The first-order chi connectivity index (χ1) is 14.2. The van der Waals surface area contributed by atoms with Crippen LogP contribution in [0.4, 0.5) is 5.69 Å². The first-order valence-electron chi connectivity index (χ1n) is 9.71. The van der Waals surface area contributed by atoms with E-state index in [4.69, 9.17) is 0 Å². The summed E-state index contributed by atoms with van der Waals surface area (Å²) in [6.45, 7) is 1.07. The lowest BCUT2D eigenvalue weighted by Gasteiger charge is -2.30. The van der Waals surface area contributed by atoms with Crippen LogP contribution in [0.15, 0.2) is 71.6 Å². The van der Waals surface area contributed by atoms with Crippen molar-refractivity contribution in [2.24, 2.45) is 0 Å². The minimum absolute atomic E-state index is 0.217. The van der Waals surface area contributed by atoms with Crippen molar-refractivity contribution in [1.29, 1.82) is 0 Å². The number of hydrogen-bond acceptors (Lipinski definition) is 4. The smallest absolute Gasteiger partial charge is 0.257 e. The van der Waals surface area contributed by atoms with Gasteiger partial charge in [-0.2, -0.15) is 0 Å². The molecule has 4 rings (SSSR count). The van der Waals surface area contributed by atoms with E-state index in [1.165, 1.54) is 22.7 Å². The van der Waals surface area contributed by atoms with Crippen LogP contribution in [0.5, 0.6) is 0 Å². The molecule has 1 heterocycles. The number of fused-ring (bicyclic) bond motifs is 2. The Bertz CT molecular complexity index is 1040. The molecule has 0 saturated carbocycles. The SMILES string of the molecule is O=C(CSc1ccc2ccccc2c1)NNC(=O)CN1CCCc2ccccc21. The van der Waals surface area contributed by atoms with E-state index in [1.54, 1.807) is 0 Å². The van der Waals surface area contributed by atoms with Gasteiger partial charge in [-0.1, -0.05) is 48.5 Å². The number of aryl methyl sites for hydroxylation is 1. The van der Waals surface area contributed by atoms with Gasteiger partial charge in [0.25, 0.3) is 5.91 Å². The number of anilines is 1. The van der Waals surface area contributed by atoms with Crippen LogP contribution in [0.1, 0.15) is 12.0 Å². The average molecular weight is 406 g/mol. The zero-order chi connectivity index (χ0) is 20.1. The summed E-state index contributed by atoms with van der Waals surface area (Å²) < 4.78 is 0. The third-order valence-corrected chi connectivity index (χ3v) is 5.97. The molecule has 1 aliphatic heterocycles. The molecule has 0 spiro atoms. The largest absolute Gasteiger partial charge is 0.362 e. The van der Waals surface area contributed by atoms with E-state index in [0.29, 0.717) is 0 Å². The number of nitrogens with one attached hydrogen (secondary N) is 2. The third kappa shape index (κ3) is 4.90. The van der Waals surface area contributed by atoms with E-state index in [9.17, 15) is 9.59 Å². The van der Waals surface area contributed by atoms with E-state index in [2.05, 4.69) is 40.0 Å². The second-order valence-electron chi connectivity index (χ2n) is 7.05. The molecule has 148 valence electrons. The fourth-order valence-corrected chi connectivity index (χ4v) is 4.31. The van der Waals surface area contributed by atoms with Gasteiger partial charge >= 0.3 is 0 Å². The summed E-state index contributed by atoms with van der Waals surface area (Å²) in [7, 11) is 0. The summed E-state index contributed by atoms with van der Waals surface area (Å²) in [5, 5.41) is 2.32. The lowest BCUT2D eigenvalue weighted by Crippen LogP contribution is -2.47. The van der Waals surface area contributed by atoms with Crippen LogP contribution in [-0.4, -0.2) is 30.7 Å². The summed E-state index contributed by atoms with van der Waals surface area (Å²) in [6, 6.07) is 22.4. The van der Waals surface area contributed by atoms with Crippen molar-refractivity contribution in [3.8, 4) is 0 Å². The monoisotopic (exact) mass is 405 g/mol. The van der Waals surface area contributed by atoms with E-state index in [0.717, 1.165) is 35.4 Å². The molecule has 5 nitrogen and oxygen atoms in total. The zero-order valence-electron chi connectivity index (χ0n) is 16.1. The number of carbonyl (C=O) groups excluding carboxylic acids is 2. The van der Waals surface area contributed by atoms with Gasteiger partial charge in [-0.05, 0) is 47.4 Å². The Labute approximate surface area is 174 Å². The molecule has 0 atom stereocenters. The maximum Gasteiger partial charge on any atom is 0.257 e. The lowest BCUT2D eigenvalue weighted by molar-refractivity contribution is -0.126. The predicted octanol–water partition coefficient (Wildman–Crippen LogP) is 3.53. The van der Waals surface area contributed by atoms with Crippen LogP contribution < -0.4 is 15.8 Å². The van der Waals surface area contributed by atoms with E-state index < -0.39 is 0 Å². The van der Waals surface area contributed by atoms with Gasteiger partial charge in [-0.25, -0.2) is 0 Å². The van der Waals surface area contributed by atoms with Gasteiger partial charge in [0.05, 0.1) is 12.3 Å². The fourth-order valence-electron chi connectivity index (χ4n) is 3.57. The number of amides is 2. The molecule has 2 amide bonds. The van der Waals surface area contributed by atoms with Crippen LogP contribution >= 0.6 is 11.8 Å². The molecule has 1 aliphatic rings. The van der Waals surface area contributed by atoms with Crippen LogP contribution in [-0.2, 0) is 16.0 Å². The minimum Gasteiger partial charge on any atom is -0.362 e. The van der Waals surface area contributed by atoms with Crippen molar-refractivity contribution in [2.45, 2.75) is 17.7 Å². The van der Waals surface area contributed by atoms with Crippen molar-refractivity contribution < 1.29 is 9.59 Å². The molecule has 0 aliphatic carbocycles. The molecular weight excluding hydrogens is 382 g/mol. The summed E-state index contributed by atoms with van der Waals surface area (Å²) in [6.07, 6.45) is 2.07. The Kier molecular flexibility index (Phi) is 6.00. The Morgan fingerprint density at radius 2 is 1.66 bits per heavy atom. The minimum atomic E-state index is -0.226. The highest BCUT2D eigenvalue weighted by Crippen LogP contribution is 2.26. The lowest BCUT2D eigenvalue weighted by atomic mass is 10.0. The van der Waals surface area contributed by atoms with Gasteiger partial charge in [0.15, 0.2) is 0 Å². The normalized spacial score (nSPS) is 13.0. The molecule has 0 radical (unpaired) electrons. The summed E-state index contributed by atoms with van der Waals surface area (Å²) >= 11 is 1.45. The first-order valence-corrected chi connectivity index (χ1v) is 10.7. The Morgan fingerprint density at radius 3 is 2.55 bits per heavy atom. The fraction of sp³-hybridized carbons (Fsp3) is 0.217. The Balaban J connectivity index is 1.24. The molecule has 0 fully saturated rings. The van der Waals surface area contributed by atoms with Gasteiger partial charge in [-0.3, -0.25) is 20.4 Å². The Hall–Kier alpha value is -2.99. The molecule has 3 aromatic rings. The van der Waals surface area contributed by atoms with Crippen molar-refractivity contribution in [3.05, 3.63) is 72.3 Å². The number of hydrogen-bond donors (Lipinski definition) is 2. The molecule has 29 heavy (non-hydrogen) atoms. The summed E-state index contributed by atoms with van der Waals surface area (Å²) in [4.78, 5) is 27.5. The standard InChI is InChI=1S/C23H23N3O2S/c27-22(15-26-13-5-9-18-7-3-4-10-21(18)26)24-25-23(28)16-29-20-12-11-17-6-1-2-8-19(17)14-20/h1-4,6-8,10-12,14H,5,9,13,15-16H2,(H,24,27)(H,25,28). The highest BCUT2D eigenvalue weighted by molar-refractivity contribution is 8.00. The molecule has 0 aromatic heterocycles. The molecule has 0 bridgehead atoms. The van der Waals surface area contributed by atoms with Crippen molar-refractivity contribution >= 4 is 40.0 Å². The Morgan fingerprint density at radius 1 is 0.897 bits per heavy atom. The highest BCUT2D eigenvalue weighted by Gasteiger charge is 2.18. The predicted molar refractivity (Wildman–Crippen MR) is 118 cm³/mol. The zero-order valence-corrected chi connectivity index (χ0v) is 16.9. The molecule has 0 saturated heterocycles. The van der Waals surface area contributed by atoms with E-state index in [-0.39, 0.29) is 24.1 Å². The van der Waals surface area contributed by atoms with Crippen LogP contribution in [0.25, 0.3) is 10.8 Å². The maximum absolute atomic E-state index is 12.3. The summed E-state index contributed by atoms with van der Waals surface area (Å²) in [5.41, 5.74) is 7.42. The van der Waals surface area contributed by atoms with Crippen molar-refractivity contribution in [1.82, 2.24) is 10.9 Å². The molecule has 2 N–H and O–H groups in total. The second-order valence-corrected chi connectivity index (χ2v) is 8.10. The van der Waals surface area contributed by atoms with Gasteiger partial charge in [0.2, 0.25) is 5.91 Å². The molecule has 0 unspecified atom stereocenters. The van der Waals surface area contributed by atoms with Crippen molar-refractivity contribution in [2.75, 3.05) is 23.7 Å². The van der Waals surface area contributed by atoms with E-state index in [1.807, 2.05) is 42.5 Å². The van der Waals surface area contributed by atoms with Crippen LogP contribution in [0.2, 0.25) is 0 Å². The van der Waals surface area contributed by atoms with Crippen LogP contribution in [0.3, 0.4) is 0 Å². The van der Waals surface area contributed by atoms with Gasteiger partial charge in [0, 0.05) is 17.1 Å². The van der Waals surface area contributed by atoms with Gasteiger partial charge in [0.1, 0.15) is 0 Å². The third-order valence-electron chi connectivity index (χ3n) is 4.97. The van der Waals surface area contributed by atoms with Crippen LogP contribution in [0, 0.1) is 0 Å². The number of benzene rings is 3. The highest BCUT2D eigenvalue weighted by atomic mass is 32.2. The number of rotatable bonds is 5. The maximum atomic E-state index is 12.3. The molecule has 3 aromatic carbocycles. The number of para-hydroxylation sites is 1. The number of nitrogens with zero attached hydrogens (tertiary/aromatic N) is 1. The summed E-state index contributed by atoms with van der Waals surface area (Å²) in [5.74, 6) is -0.202. The second kappa shape index (κ2) is 9.01. The number of carbonyl (C=O) groups is 2.